The summed E-state index contributed by atoms with van der Waals surface area (Å²) in [7, 11) is 4.18. The number of aryl methyl sites for hydroxylation is 1. The van der Waals surface area contributed by atoms with Gasteiger partial charge in [-0.1, -0.05) is 0 Å². The predicted molar refractivity (Wildman–Crippen MR) is 60.6 cm³/mol. The molecule has 1 rings (SSSR count). The topological polar surface area (TPSA) is 28.2 Å². The van der Waals surface area contributed by atoms with Gasteiger partial charge >= 0.3 is 0 Å². The summed E-state index contributed by atoms with van der Waals surface area (Å²) in [5, 5.41) is 3.34. The molecular formula is C11H19N3. The molecule has 1 heterocycles. The van der Waals surface area contributed by atoms with Crippen LogP contribution in [-0.2, 0) is 0 Å². The van der Waals surface area contributed by atoms with E-state index in [1.54, 1.807) is 0 Å². The Labute approximate surface area is 86.2 Å². The van der Waals surface area contributed by atoms with E-state index < -0.39 is 0 Å². The highest BCUT2D eigenvalue weighted by molar-refractivity contribution is 5.40. The molecule has 0 amide bonds. The average molecular weight is 193 g/mol. The SMILES string of the molecule is Cc1ccc(NCCCN(C)C)cn1. The first-order valence-electron chi connectivity index (χ1n) is 5.00. The average Bonchev–Trinajstić information content (AvgIpc) is 2.15. The Morgan fingerprint density at radius 1 is 1.36 bits per heavy atom. The van der Waals surface area contributed by atoms with Crippen LogP contribution in [0.4, 0.5) is 5.69 Å². The molecular weight excluding hydrogens is 174 g/mol. The fourth-order valence-corrected chi connectivity index (χ4v) is 1.20. The predicted octanol–water partition coefficient (Wildman–Crippen LogP) is 1.75. The van der Waals surface area contributed by atoms with Gasteiger partial charge in [0.05, 0.1) is 11.9 Å². The lowest BCUT2D eigenvalue weighted by Gasteiger charge is -2.10. The van der Waals surface area contributed by atoms with Crippen LogP contribution < -0.4 is 5.32 Å². The van der Waals surface area contributed by atoms with Crippen LogP contribution in [0.15, 0.2) is 18.3 Å². The summed E-state index contributed by atoms with van der Waals surface area (Å²) in [4.78, 5) is 6.41. The van der Waals surface area contributed by atoms with Crippen molar-refractivity contribution in [1.82, 2.24) is 9.88 Å². The fraction of sp³-hybridized carbons (Fsp3) is 0.545. The van der Waals surface area contributed by atoms with E-state index in [1.165, 1.54) is 0 Å². The van der Waals surface area contributed by atoms with E-state index in [2.05, 4.69) is 35.4 Å². The number of hydrogen-bond acceptors (Lipinski definition) is 3. The molecule has 0 unspecified atom stereocenters. The first-order chi connectivity index (χ1) is 6.68. The summed E-state index contributed by atoms with van der Waals surface area (Å²) in [6.45, 7) is 4.12. The molecule has 0 aliphatic rings. The minimum atomic E-state index is 1.00. The van der Waals surface area contributed by atoms with E-state index in [9.17, 15) is 0 Å². The standard InChI is InChI=1S/C11H19N3/c1-10-5-6-11(9-13-10)12-7-4-8-14(2)3/h5-6,9,12H,4,7-8H2,1-3H3. The summed E-state index contributed by atoms with van der Waals surface area (Å²) in [5.41, 5.74) is 2.16. The van der Waals surface area contributed by atoms with Crippen molar-refractivity contribution >= 4 is 5.69 Å². The maximum absolute atomic E-state index is 4.22. The molecule has 0 bridgehead atoms. The molecule has 78 valence electrons. The van der Waals surface area contributed by atoms with Crippen LogP contribution in [-0.4, -0.2) is 37.1 Å². The summed E-state index contributed by atoms with van der Waals surface area (Å²) in [5.74, 6) is 0. The van der Waals surface area contributed by atoms with E-state index in [4.69, 9.17) is 0 Å². The molecule has 0 aromatic carbocycles. The van der Waals surface area contributed by atoms with Gasteiger partial charge in [0.15, 0.2) is 0 Å². The van der Waals surface area contributed by atoms with Crippen molar-refractivity contribution in [2.24, 2.45) is 0 Å². The van der Waals surface area contributed by atoms with Crippen LogP contribution in [0.25, 0.3) is 0 Å². The molecule has 1 aromatic heterocycles. The van der Waals surface area contributed by atoms with Crippen molar-refractivity contribution in [2.45, 2.75) is 13.3 Å². The Morgan fingerprint density at radius 2 is 2.14 bits per heavy atom. The molecule has 14 heavy (non-hydrogen) atoms. The summed E-state index contributed by atoms with van der Waals surface area (Å²) < 4.78 is 0. The number of anilines is 1. The first-order valence-corrected chi connectivity index (χ1v) is 5.00. The molecule has 0 saturated carbocycles. The van der Waals surface area contributed by atoms with Crippen molar-refractivity contribution in [3.63, 3.8) is 0 Å². The van der Waals surface area contributed by atoms with Gasteiger partial charge in [-0.2, -0.15) is 0 Å². The lowest BCUT2D eigenvalue weighted by Crippen LogP contribution is -2.16. The largest absolute Gasteiger partial charge is 0.384 e. The molecule has 0 aliphatic heterocycles. The van der Waals surface area contributed by atoms with Crippen LogP contribution in [0.5, 0.6) is 0 Å². The van der Waals surface area contributed by atoms with Crippen LogP contribution in [0.3, 0.4) is 0 Å². The number of aromatic nitrogens is 1. The van der Waals surface area contributed by atoms with Gasteiger partial charge in [-0.25, -0.2) is 0 Å². The van der Waals surface area contributed by atoms with Crippen molar-refractivity contribution < 1.29 is 0 Å². The smallest absolute Gasteiger partial charge is 0.0526 e. The minimum absolute atomic E-state index is 1.00. The monoisotopic (exact) mass is 193 g/mol. The zero-order valence-corrected chi connectivity index (χ0v) is 9.25. The third-order valence-corrected chi connectivity index (χ3v) is 2.02. The molecule has 0 atom stereocenters. The molecule has 3 nitrogen and oxygen atoms in total. The first kappa shape index (κ1) is 11.0. The van der Waals surface area contributed by atoms with Gasteiger partial charge in [0.1, 0.15) is 0 Å². The maximum atomic E-state index is 4.22. The Hall–Kier alpha value is -1.09. The Kier molecular flexibility index (Phi) is 4.40. The van der Waals surface area contributed by atoms with Gasteiger partial charge in [-0.05, 0) is 46.1 Å². The van der Waals surface area contributed by atoms with Crippen LogP contribution in [0.2, 0.25) is 0 Å². The fourth-order valence-electron chi connectivity index (χ4n) is 1.20. The quantitative estimate of drug-likeness (QED) is 0.722. The molecule has 1 aromatic rings. The maximum Gasteiger partial charge on any atom is 0.0526 e. The minimum Gasteiger partial charge on any atom is -0.384 e. The highest BCUT2D eigenvalue weighted by Crippen LogP contribution is 2.04. The lowest BCUT2D eigenvalue weighted by molar-refractivity contribution is 0.405. The van der Waals surface area contributed by atoms with Gasteiger partial charge in [0.2, 0.25) is 0 Å². The van der Waals surface area contributed by atoms with Crippen LogP contribution in [0.1, 0.15) is 12.1 Å². The van der Waals surface area contributed by atoms with E-state index in [1.807, 2.05) is 19.2 Å². The number of nitrogens with one attached hydrogen (secondary N) is 1. The Bertz CT molecular complexity index is 254. The number of pyridine rings is 1. The zero-order valence-electron chi connectivity index (χ0n) is 9.25. The second-order valence-electron chi connectivity index (χ2n) is 3.77. The molecule has 0 spiro atoms. The van der Waals surface area contributed by atoms with E-state index in [0.29, 0.717) is 0 Å². The van der Waals surface area contributed by atoms with Gasteiger partial charge in [0.25, 0.3) is 0 Å². The number of rotatable bonds is 5. The van der Waals surface area contributed by atoms with Gasteiger partial charge in [-0.15, -0.1) is 0 Å². The van der Waals surface area contributed by atoms with Crippen LogP contribution >= 0.6 is 0 Å². The van der Waals surface area contributed by atoms with E-state index >= 15 is 0 Å². The van der Waals surface area contributed by atoms with Crippen molar-refractivity contribution in [2.75, 3.05) is 32.5 Å². The Morgan fingerprint density at radius 3 is 2.71 bits per heavy atom. The lowest BCUT2D eigenvalue weighted by atomic mass is 10.3. The Balaban J connectivity index is 2.21. The summed E-state index contributed by atoms with van der Waals surface area (Å²) >= 11 is 0. The second-order valence-corrected chi connectivity index (χ2v) is 3.77. The number of hydrogen-bond donors (Lipinski definition) is 1. The molecule has 0 saturated heterocycles. The summed E-state index contributed by atoms with van der Waals surface area (Å²) in [6, 6.07) is 4.09. The normalized spacial score (nSPS) is 10.6. The highest BCUT2D eigenvalue weighted by atomic mass is 15.1. The van der Waals surface area contributed by atoms with Gasteiger partial charge in [-0.3, -0.25) is 4.98 Å². The molecule has 0 fully saturated rings. The highest BCUT2D eigenvalue weighted by Gasteiger charge is 1.93. The van der Waals surface area contributed by atoms with E-state index in [0.717, 1.165) is 30.9 Å². The second kappa shape index (κ2) is 5.60. The third-order valence-electron chi connectivity index (χ3n) is 2.02. The van der Waals surface area contributed by atoms with E-state index in [-0.39, 0.29) is 0 Å². The van der Waals surface area contributed by atoms with Gasteiger partial charge < -0.3 is 10.2 Å². The van der Waals surface area contributed by atoms with Gasteiger partial charge in [0, 0.05) is 12.2 Å². The molecule has 0 radical (unpaired) electrons. The van der Waals surface area contributed by atoms with Crippen molar-refractivity contribution in [3.8, 4) is 0 Å². The third kappa shape index (κ3) is 4.23. The van der Waals surface area contributed by atoms with Crippen molar-refractivity contribution in [1.29, 1.82) is 0 Å². The summed E-state index contributed by atoms with van der Waals surface area (Å²) in [6.07, 6.45) is 3.03. The zero-order chi connectivity index (χ0) is 10.4. The molecule has 3 heteroatoms. The van der Waals surface area contributed by atoms with Crippen molar-refractivity contribution in [3.05, 3.63) is 24.0 Å². The molecule has 0 aliphatic carbocycles. The van der Waals surface area contributed by atoms with Crippen LogP contribution in [0, 0.1) is 6.92 Å². The number of nitrogens with zero attached hydrogens (tertiary/aromatic N) is 2. The molecule has 1 N–H and O–H groups in total.